The second-order valence-electron chi connectivity index (χ2n) is 6.11. The van der Waals surface area contributed by atoms with E-state index < -0.39 is 6.55 Å². The average molecular weight is 448 g/mol. The maximum Gasteiger partial charge on any atom is 0.319 e. The smallest absolute Gasteiger partial charge is 0.319 e. The van der Waals surface area contributed by atoms with Crippen LogP contribution < -0.4 is 4.74 Å². The minimum absolute atomic E-state index is 0.137. The molecule has 0 bridgehead atoms. The van der Waals surface area contributed by atoms with Crippen molar-refractivity contribution < 1.29 is 13.5 Å². The van der Waals surface area contributed by atoms with Gasteiger partial charge in [-0.05, 0) is 24.3 Å². The van der Waals surface area contributed by atoms with Gasteiger partial charge in [0, 0.05) is 18.1 Å². The molecule has 2 aromatic carbocycles. The molecule has 0 saturated heterocycles. The normalized spacial score (nSPS) is 11.2. The second kappa shape index (κ2) is 9.27. The molecule has 10 heteroatoms. The zero-order valence-corrected chi connectivity index (χ0v) is 17.1. The average Bonchev–Trinajstić information content (AvgIpc) is 3.39. The number of benzene rings is 2. The topological polar surface area (TPSA) is 57.8 Å². The first-order chi connectivity index (χ1) is 14.6. The molecule has 0 spiro atoms. The monoisotopic (exact) mass is 447 g/mol. The predicted molar refractivity (Wildman–Crippen MR) is 110 cm³/mol. The Morgan fingerprint density at radius 3 is 2.53 bits per heavy atom. The fraction of sp³-hybridized carbons (Fsp3) is 0.150. The molecule has 0 fully saturated rings. The number of ether oxygens (including phenoxy) is 1. The van der Waals surface area contributed by atoms with Gasteiger partial charge in [-0.1, -0.05) is 53.7 Å². The van der Waals surface area contributed by atoms with Gasteiger partial charge >= 0.3 is 6.55 Å². The molecule has 0 aliphatic heterocycles. The van der Waals surface area contributed by atoms with E-state index in [9.17, 15) is 8.78 Å². The lowest BCUT2D eigenvalue weighted by Crippen LogP contribution is -2.07. The van der Waals surface area contributed by atoms with Crippen LogP contribution in [0, 0.1) is 0 Å². The Morgan fingerprint density at radius 1 is 1.00 bits per heavy atom. The van der Waals surface area contributed by atoms with Gasteiger partial charge in [0.25, 0.3) is 0 Å². The molecule has 154 valence electrons. The third-order valence-electron chi connectivity index (χ3n) is 4.20. The fourth-order valence-corrected chi connectivity index (χ4v) is 3.90. The second-order valence-corrected chi connectivity index (χ2v) is 7.46. The maximum atomic E-state index is 13.1. The van der Waals surface area contributed by atoms with Gasteiger partial charge in [-0.15, -0.1) is 10.2 Å². The number of para-hydroxylation sites is 2. The van der Waals surface area contributed by atoms with E-state index in [0.29, 0.717) is 21.8 Å². The molecule has 4 rings (SSSR count). The molecule has 0 aliphatic rings. The lowest BCUT2D eigenvalue weighted by atomic mass is 10.3. The van der Waals surface area contributed by atoms with Crippen LogP contribution in [0.25, 0.3) is 5.69 Å². The van der Waals surface area contributed by atoms with Gasteiger partial charge in [-0.2, -0.15) is 8.78 Å². The standard InChI is InChI=1S/C20H16ClF2N5OS/c21-15-8-4-5-9-16(15)29-12-17-25-26-20(28(17)14-6-2-1-3-7-14)30-13-18-24-10-11-27(18)19(22)23/h1-11,19H,12-13H2. The molecule has 0 aliphatic carbocycles. The predicted octanol–water partition coefficient (Wildman–Crippen LogP) is 5.38. The van der Waals surface area contributed by atoms with Crippen LogP contribution in [0.1, 0.15) is 18.2 Å². The van der Waals surface area contributed by atoms with Crippen molar-refractivity contribution in [2.24, 2.45) is 0 Å². The largest absolute Gasteiger partial charge is 0.484 e. The molecule has 30 heavy (non-hydrogen) atoms. The number of hydrogen-bond donors (Lipinski definition) is 0. The van der Waals surface area contributed by atoms with Crippen molar-refractivity contribution in [3.8, 4) is 11.4 Å². The summed E-state index contributed by atoms with van der Waals surface area (Å²) in [6.07, 6.45) is 2.61. The molecular weight excluding hydrogens is 432 g/mol. The van der Waals surface area contributed by atoms with Crippen LogP contribution in [-0.4, -0.2) is 24.3 Å². The SMILES string of the molecule is FC(F)n1ccnc1CSc1nnc(COc2ccccc2Cl)n1-c1ccccc1. The summed E-state index contributed by atoms with van der Waals surface area (Å²) in [5.74, 6) is 1.57. The molecule has 0 radical (unpaired) electrons. The third-order valence-corrected chi connectivity index (χ3v) is 5.43. The van der Waals surface area contributed by atoms with Crippen LogP contribution in [-0.2, 0) is 12.4 Å². The van der Waals surface area contributed by atoms with Gasteiger partial charge in [-0.3, -0.25) is 9.13 Å². The van der Waals surface area contributed by atoms with E-state index in [2.05, 4.69) is 15.2 Å². The zero-order valence-electron chi connectivity index (χ0n) is 15.5. The molecule has 2 aromatic heterocycles. The van der Waals surface area contributed by atoms with E-state index in [1.54, 1.807) is 12.1 Å². The van der Waals surface area contributed by atoms with Crippen molar-refractivity contribution in [1.29, 1.82) is 0 Å². The summed E-state index contributed by atoms with van der Waals surface area (Å²) < 4.78 is 34.6. The summed E-state index contributed by atoms with van der Waals surface area (Å²) in [5.41, 5.74) is 0.833. The first kappa shape index (κ1) is 20.4. The number of halogens is 3. The minimum atomic E-state index is -2.64. The summed E-state index contributed by atoms with van der Waals surface area (Å²) in [6, 6.07) is 16.7. The number of thioether (sulfide) groups is 1. The number of imidazole rings is 1. The molecule has 0 atom stereocenters. The molecule has 4 aromatic rings. The van der Waals surface area contributed by atoms with E-state index >= 15 is 0 Å². The van der Waals surface area contributed by atoms with Gasteiger partial charge in [0.05, 0.1) is 10.8 Å². The van der Waals surface area contributed by atoms with Gasteiger partial charge < -0.3 is 4.74 Å². The van der Waals surface area contributed by atoms with Crippen molar-refractivity contribution in [3.05, 3.63) is 83.7 Å². The van der Waals surface area contributed by atoms with E-state index in [-0.39, 0.29) is 18.2 Å². The van der Waals surface area contributed by atoms with Crippen LogP contribution in [0.3, 0.4) is 0 Å². The minimum Gasteiger partial charge on any atom is -0.484 e. The van der Waals surface area contributed by atoms with Gasteiger partial charge in [0.1, 0.15) is 18.2 Å². The number of hydrogen-bond acceptors (Lipinski definition) is 5. The van der Waals surface area contributed by atoms with Crippen LogP contribution in [0.15, 0.2) is 72.1 Å². The molecular formula is C20H16ClF2N5OS. The van der Waals surface area contributed by atoms with E-state index in [1.165, 1.54) is 24.2 Å². The molecule has 0 unspecified atom stereocenters. The summed E-state index contributed by atoms with van der Waals surface area (Å²) in [5, 5.41) is 9.52. The first-order valence-electron chi connectivity index (χ1n) is 8.93. The molecule has 0 amide bonds. The first-order valence-corrected chi connectivity index (χ1v) is 10.3. The lowest BCUT2D eigenvalue weighted by Gasteiger charge is -2.12. The van der Waals surface area contributed by atoms with E-state index in [4.69, 9.17) is 16.3 Å². The Labute approximate surface area is 180 Å². The van der Waals surface area contributed by atoms with Crippen molar-refractivity contribution >= 4 is 23.4 Å². The number of rotatable bonds is 8. The van der Waals surface area contributed by atoms with E-state index in [0.717, 1.165) is 10.3 Å². The highest BCUT2D eigenvalue weighted by Crippen LogP contribution is 2.28. The lowest BCUT2D eigenvalue weighted by molar-refractivity contribution is 0.0678. The number of alkyl halides is 2. The van der Waals surface area contributed by atoms with Gasteiger partial charge in [0.15, 0.2) is 11.0 Å². The highest BCUT2D eigenvalue weighted by molar-refractivity contribution is 7.98. The van der Waals surface area contributed by atoms with Crippen LogP contribution in [0.2, 0.25) is 5.02 Å². The highest BCUT2D eigenvalue weighted by Gasteiger charge is 2.18. The van der Waals surface area contributed by atoms with Gasteiger partial charge in [0.2, 0.25) is 0 Å². The van der Waals surface area contributed by atoms with Crippen LogP contribution in [0.5, 0.6) is 5.75 Å². The van der Waals surface area contributed by atoms with E-state index in [1.807, 2.05) is 47.0 Å². The quantitative estimate of drug-likeness (QED) is 0.339. The molecule has 0 N–H and O–H groups in total. The Bertz CT molecular complexity index is 1120. The fourth-order valence-electron chi connectivity index (χ4n) is 2.79. The summed E-state index contributed by atoms with van der Waals surface area (Å²) in [7, 11) is 0. The Morgan fingerprint density at radius 2 is 1.77 bits per heavy atom. The summed E-state index contributed by atoms with van der Waals surface area (Å²) >= 11 is 7.43. The Balaban J connectivity index is 1.59. The molecule has 2 heterocycles. The van der Waals surface area contributed by atoms with Crippen molar-refractivity contribution in [1.82, 2.24) is 24.3 Å². The Kier molecular flexibility index (Phi) is 6.29. The van der Waals surface area contributed by atoms with Crippen LogP contribution in [0.4, 0.5) is 8.78 Å². The zero-order chi connectivity index (χ0) is 20.9. The van der Waals surface area contributed by atoms with Crippen molar-refractivity contribution in [3.63, 3.8) is 0 Å². The maximum absolute atomic E-state index is 13.1. The Hall–Kier alpha value is -2.91. The molecule has 6 nitrogen and oxygen atoms in total. The highest BCUT2D eigenvalue weighted by atomic mass is 35.5. The van der Waals surface area contributed by atoms with Gasteiger partial charge in [-0.25, -0.2) is 4.98 Å². The summed E-state index contributed by atoms with van der Waals surface area (Å²) in [4.78, 5) is 4.01. The third kappa shape index (κ3) is 4.47. The van der Waals surface area contributed by atoms with Crippen LogP contribution >= 0.6 is 23.4 Å². The number of aromatic nitrogens is 5. The summed E-state index contributed by atoms with van der Waals surface area (Å²) in [6.45, 7) is -2.51. The van der Waals surface area contributed by atoms with Crippen molar-refractivity contribution in [2.45, 2.75) is 24.1 Å². The van der Waals surface area contributed by atoms with Crippen molar-refractivity contribution in [2.75, 3.05) is 0 Å². The number of nitrogens with zero attached hydrogens (tertiary/aromatic N) is 5. The molecule has 0 saturated carbocycles.